The van der Waals surface area contributed by atoms with Gasteiger partial charge in [0, 0.05) is 57.8 Å². The second kappa shape index (κ2) is 9.71. The molecule has 0 bridgehead atoms. The van der Waals surface area contributed by atoms with Crippen LogP contribution in [0.1, 0.15) is 33.6 Å². The zero-order chi connectivity index (χ0) is 22.6. The number of benzene rings is 1. The van der Waals surface area contributed by atoms with Gasteiger partial charge in [0.25, 0.3) is 0 Å². The fourth-order valence-electron chi connectivity index (χ4n) is 3.67. The number of anilines is 1. The minimum absolute atomic E-state index is 0.177. The second-order valence-electron chi connectivity index (χ2n) is 9.47. The van der Waals surface area contributed by atoms with Crippen molar-refractivity contribution < 1.29 is 18.0 Å². The van der Waals surface area contributed by atoms with Crippen molar-refractivity contribution in [3.8, 4) is 0 Å². The molecule has 0 spiro atoms. The quantitative estimate of drug-likeness (QED) is 0.640. The minimum Gasteiger partial charge on any atom is -0.369 e. The van der Waals surface area contributed by atoms with Gasteiger partial charge in [-0.2, -0.15) is 0 Å². The number of rotatable bonds is 5. The summed E-state index contributed by atoms with van der Waals surface area (Å²) in [4.78, 5) is 22.6. The van der Waals surface area contributed by atoms with Crippen molar-refractivity contribution in [3.05, 3.63) is 35.9 Å². The fraction of sp³-hybridized carbons (Fsp3) is 0.609. The number of nitrogens with zero attached hydrogens (tertiary/aromatic N) is 3. The molecule has 3 rings (SSSR count). The molecular weight excluding hydrogens is 414 g/mol. The molecule has 2 aliphatic heterocycles. The van der Waals surface area contributed by atoms with E-state index in [4.69, 9.17) is 4.84 Å². The predicted octanol–water partition coefficient (Wildman–Crippen LogP) is 2.74. The van der Waals surface area contributed by atoms with Crippen molar-refractivity contribution in [2.24, 2.45) is 5.41 Å². The van der Waals surface area contributed by atoms with Crippen LogP contribution in [-0.2, 0) is 19.5 Å². The van der Waals surface area contributed by atoms with Gasteiger partial charge in [-0.15, -0.1) is 5.06 Å². The lowest BCUT2D eigenvalue weighted by Crippen LogP contribution is -2.46. The highest BCUT2D eigenvalue weighted by Crippen LogP contribution is 2.22. The Bertz CT molecular complexity index is 886. The Morgan fingerprint density at radius 3 is 2.10 bits per heavy atom. The summed E-state index contributed by atoms with van der Waals surface area (Å²) in [5.74, 6) is -0.177. The Hall–Kier alpha value is -1.90. The van der Waals surface area contributed by atoms with E-state index in [0.717, 1.165) is 64.3 Å². The van der Waals surface area contributed by atoms with Gasteiger partial charge in [-0.3, -0.25) is 4.90 Å². The SMILES string of the molecule is CC(C)(C)C(=O)ON1CCC(=CCN2CCN(c3ccc(S(C)(=O)=O)cc3)CC2)CC1. The Balaban J connectivity index is 1.41. The highest BCUT2D eigenvalue weighted by Gasteiger charge is 2.27. The summed E-state index contributed by atoms with van der Waals surface area (Å²) in [7, 11) is -3.15. The van der Waals surface area contributed by atoms with Gasteiger partial charge in [0.2, 0.25) is 0 Å². The summed E-state index contributed by atoms with van der Waals surface area (Å²) in [5.41, 5.74) is 2.03. The number of piperazine rings is 1. The molecule has 0 amide bonds. The zero-order valence-electron chi connectivity index (χ0n) is 19.1. The van der Waals surface area contributed by atoms with E-state index in [9.17, 15) is 13.2 Å². The fourth-order valence-corrected chi connectivity index (χ4v) is 4.30. The van der Waals surface area contributed by atoms with Crippen LogP contribution in [0.15, 0.2) is 40.8 Å². The Labute approximate surface area is 186 Å². The van der Waals surface area contributed by atoms with Crippen LogP contribution in [0.25, 0.3) is 0 Å². The van der Waals surface area contributed by atoms with Gasteiger partial charge >= 0.3 is 5.97 Å². The largest absolute Gasteiger partial charge is 0.369 e. The van der Waals surface area contributed by atoms with Crippen molar-refractivity contribution in [1.29, 1.82) is 0 Å². The molecular formula is C23H35N3O4S. The van der Waals surface area contributed by atoms with Crippen molar-refractivity contribution in [3.63, 3.8) is 0 Å². The third-order valence-electron chi connectivity index (χ3n) is 5.83. The van der Waals surface area contributed by atoms with Gasteiger partial charge in [0.05, 0.1) is 10.3 Å². The van der Waals surface area contributed by atoms with Gasteiger partial charge in [-0.05, 0) is 57.9 Å². The molecule has 0 radical (unpaired) electrons. The Morgan fingerprint density at radius 1 is 1.00 bits per heavy atom. The van der Waals surface area contributed by atoms with E-state index in [2.05, 4.69) is 15.9 Å². The third-order valence-corrected chi connectivity index (χ3v) is 6.96. The van der Waals surface area contributed by atoms with E-state index in [-0.39, 0.29) is 5.97 Å². The maximum absolute atomic E-state index is 12.0. The molecule has 1 aromatic rings. The van der Waals surface area contributed by atoms with Crippen LogP contribution in [0.5, 0.6) is 0 Å². The van der Waals surface area contributed by atoms with Crippen LogP contribution >= 0.6 is 0 Å². The molecule has 2 heterocycles. The summed E-state index contributed by atoms with van der Waals surface area (Å²) in [6.07, 6.45) is 5.44. The third kappa shape index (κ3) is 6.79. The summed E-state index contributed by atoms with van der Waals surface area (Å²) < 4.78 is 23.2. The van der Waals surface area contributed by atoms with E-state index >= 15 is 0 Å². The first-order chi connectivity index (χ1) is 14.5. The van der Waals surface area contributed by atoms with Crippen molar-refractivity contribution in [1.82, 2.24) is 9.96 Å². The highest BCUT2D eigenvalue weighted by molar-refractivity contribution is 7.90. The molecule has 0 N–H and O–H groups in total. The first-order valence-corrected chi connectivity index (χ1v) is 12.8. The summed E-state index contributed by atoms with van der Waals surface area (Å²) in [6.45, 7) is 11.9. The Morgan fingerprint density at radius 2 is 1.58 bits per heavy atom. The first-order valence-electron chi connectivity index (χ1n) is 10.9. The monoisotopic (exact) mass is 449 g/mol. The molecule has 2 aliphatic rings. The van der Waals surface area contributed by atoms with E-state index < -0.39 is 15.3 Å². The highest BCUT2D eigenvalue weighted by atomic mass is 32.2. The lowest BCUT2D eigenvalue weighted by atomic mass is 9.98. The number of hydroxylamine groups is 2. The van der Waals surface area contributed by atoms with Crippen molar-refractivity contribution >= 4 is 21.5 Å². The van der Waals surface area contributed by atoms with Crippen LogP contribution < -0.4 is 4.90 Å². The maximum Gasteiger partial charge on any atom is 0.330 e. The smallest absolute Gasteiger partial charge is 0.330 e. The number of carbonyl (C=O) groups is 1. The molecule has 31 heavy (non-hydrogen) atoms. The lowest BCUT2D eigenvalue weighted by Gasteiger charge is -2.36. The van der Waals surface area contributed by atoms with Crippen LogP contribution in [0.3, 0.4) is 0 Å². The van der Waals surface area contributed by atoms with Gasteiger partial charge in [-0.25, -0.2) is 13.2 Å². The Kier molecular flexibility index (Phi) is 7.44. The summed E-state index contributed by atoms with van der Waals surface area (Å²) in [6, 6.07) is 7.17. The number of piperidine rings is 1. The van der Waals surface area contributed by atoms with Crippen LogP contribution in [0.4, 0.5) is 5.69 Å². The van der Waals surface area contributed by atoms with E-state index in [1.807, 2.05) is 32.9 Å². The number of sulfone groups is 1. The standard InChI is InChI=1S/C23H35N3O4S/c1-23(2,3)22(27)30-26-13-10-19(11-14-26)9-12-24-15-17-25(18-16-24)20-5-7-21(8-6-20)31(4,28)29/h5-9H,10-18H2,1-4H3. The molecule has 7 nitrogen and oxygen atoms in total. The number of carbonyl (C=O) groups excluding carboxylic acids is 1. The van der Waals surface area contributed by atoms with Crippen LogP contribution in [0, 0.1) is 5.41 Å². The first kappa shape index (κ1) is 23.8. The second-order valence-corrected chi connectivity index (χ2v) is 11.5. The molecule has 0 aromatic heterocycles. The average Bonchev–Trinajstić information content (AvgIpc) is 2.72. The van der Waals surface area contributed by atoms with E-state index in [1.54, 1.807) is 17.2 Å². The molecule has 0 saturated carbocycles. The molecule has 0 aliphatic carbocycles. The normalized spacial score (nSPS) is 19.4. The molecule has 0 unspecified atom stereocenters. The summed E-state index contributed by atoms with van der Waals surface area (Å²) in [5, 5.41) is 1.79. The van der Waals surface area contributed by atoms with E-state index in [1.165, 1.54) is 11.8 Å². The molecule has 8 heteroatoms. The topological polar surface area (TPSA) is 70.2 Å². The van der Waals surface area contributed by atoms with Crippen LogP contribution in [0.2, 0.25) is 0 Å². The number of hydrogen-bond acceptors (Lipinski definition) is 7. The number of hydrogen-bond donors (Lipinski definition) is 0. The molecule has 2 saturated heterocycles. The van der Waals surface area contributed by atoms with Crippen LogP contribution in [-0.4, -0.2) is 76.4 Å². The molecule has 2 fully saturated rings. The minimum atomic E-state index is -3.15. The van der Waals surface area contributed by atoms with Gasteiger partial charge in [0.15, 0.2) is 9.84 Å². The van der Waals surface area contributed by atoms with Crippen molar-refractivity contribution in [2.75, 3.05) is 57.0 Å². The summed E-state index contributed by atoms with van der Waals surface area (Å²) >= 11 is 0. The molecule has 172 valence electrons. The van der Waals surface area contributed by atoms with Crippen molar-refractivity contribution in [2.45, 2.75) is 38.5 Å². The van der Waals surface area contributed by atoms with Gasteiger partial charge in [0.1, 0.15) is 0 Å². The van der Waals surface area contributed by atoms with Gasteiger partial charge in [-0.1, -0.05) is 11.6 Å². The average molecular weight is 450 g/mol. The predicted molar refractivity (Wildman–Crippen MR) is 123 cm³/mol. The van der Waals surface area contributed by atoms with E-state index in [0.29, 0.717) is 4.90 Å². The maximum atomic E-state index is 12.0. The van der Waals surface area contributed by atoms with Gasteiger partial charge < -0.3 is 9.74 Å². The molecule has 1 aromatic carbocycles. The lowest BCUT2D eigenvalue weighted by molar-refractivity contribution is -0.202. The molecule has 0 atom stereocenters. The zero-order valence-corrected chi connectivity index (χ0v) is 20.0.